The number of nitrogens with zero attached hydrogens (tertiary/aromatic N) is 3. The molecule has 0 spiro atoms. The summed E-state index contributed by atoms with van der Waals surface area (Å²) in [6.45, 7) is 5.47. The molecule has 5 heteroatoms. The van der Waals surface area contributed by atoms with E-state index in [-0.39, 0.29) is 5.82 Å². The first-order chi connectivity index (χ1) is 13.8. The van der Waals surface area contributed by atoms with Gasteiger partial charge in [0.2, 0.25) is 0 Å². The summed E-state index contributed by atoms with van der Waals surface area (Å²) >= 11 is 0. The minimum atomic E-state index is -0.189. The Morgan fingerprint density at radius 3 is 2.50 bits per heavy atom. The van der Waals surface area contributed by atoms with Crippen molar-refractivity contribution in [2.45, 2.75) is 38.3 Å². The maximum atomic E-state index is 14.1. The number of benzene rings is 2. The third-order valence-electron chi connectivity index (χ3n) is 6.40. The van der Waals surface area contributed by atoms with Crippen LogP contribution in [0.15, 0.2) is 42.6 Å². The Hall–Kier alpha value is -2.24. The number of imidazole rings is 1. The lowest BCUT2D eigenvalue weighted by molar-refractivity contribution is 0.0930. The van der Waals surface area contributed by atoms with Crippen molar-refractivity contribution in [3.05, 3.63) is 54.1 Å². The van der Waals surface area contributed by atoms with Crippen LogP contribution in [0.3, 0.4) is 0 Å². The lowest BCUT2D eigenvalue weighted by Gasteiger charge is -2.37. The molecule has 1 saturated carbocycles. The van der Waals surface area contributed by atoms with E-state index < -0.39 is 0 Å². The van der Waals surface area contributed by atoms with Crippen molar-refractivity contribution in [1.82, 2.24) is 19.8 Å². The molecular formula is C23H27FN4. The lowest BCUT2D eigenvalue weighted by atomic mass is 10.0. The predicted molar refractivity (Wildman–Crippen MR) is 111 cm³/mol. The van der Waals surface area contributed by atoms with E-state index >= 15 is 0 Å². The fraction of sp³-hybridized carbons (Fsp3) is 0.435. The molecule has 2 heterocycles. The summed E-state index contributed by atoms with van der Waals surface area (Å²) < 4.78 is 14.1. The van der Waals surface area contributed by atoms with Crippen LogP contribution in [0.2, 0.25) is 0 Å². The van der Waals surface area contributed by atoms with E-state index in [0.717, 1.165) is 48.1 Å². The van der Waals surface area contributed by atoms with E-state index in [4.69, 9.17) is 0 Å². The van der Waals surface area contributed by atoms with Gasteiger partial charge in [0.25, 0.3) is 0 Å². The quantitative estimate of drug-likeness (QED) is 0.729. The first kappa shape index (κ1) is 17.8. The first-order valence-electron chi connectivity index (χ1n) is 10.5. The second-order valence-electron chi connectivity index (χ2n) is 8.15. The molecule has 1 aromatic heterocycles. The van der Waals surface area contributed by atoms with Gasteiger partial charge >= 0.3 is 0 Å². The van der Waals surface area contributed by atoms with Crippen molar-refractivity contribution in [2.75, 3.05) is 26.2 Å². The van der Waals surface area contributed by atoms with Crippen LogP contribution in [0, 0.1) is 5.82 Å². The number of fused-ring (bicyclic) bond motifs is 1. The maximum Gasteiger partial charge on any atom is 0.138 e. The average molecular weight is 378 g/mol. The lowest BCUT2D eigenvalue weighted by Crippen LogP contribution is -2.49. The van der Waals surface area contributed by atoms with Gasteiger partial charge in [-0.3, -0.25) is 9.80 Å². The molecule has 4 nitrogen and oxygen atoms in total. The second kappa shape index (κ2) is 7.64. The molecular weight excluding hydrogens is 351 g/mol. The van der Waals surface area contributed by atoms with Gasteiger partial charge < -0.3 is 4.98 Å². The molecule has 2 aromatic carbocycles. The highest BCUT2D eigenvalue weighted by Crippen LogP contribution is 2.29. The number of halogens is 1. The summed E-state index contributed by atoms with van der Waals surface area (Å²) in [5.41, 5.74) is 2.08. The molecule has 2 fully saturated rings. The smallest absolute Gasteiger partial charge is 0.138 e. The molecule has 0 amide bonds. The van der Waals surface area contributed by atoms with Gasteiger partial charge in [-0.1, -0.05) is 37.1 Å². The Balaban J connectivity index is 1.28. The van der Waals surface area contributed by atoms with E-state index in [2.05, 4.69) is 19.8 Å². The predicted octanol–water partition coefficient (Wildman–Crippen LogP) is 4.43. The molecule has 1 aliphatic heterocycles. The number of hydrogen-bond donors (Lipinski definition) is 1. The zero-order chi connectivity index (χ0) is 18.9. The van der Waals surface area contributed by atoms with E-state index in [1.54, 1.807) is 0 Å². The standard InChI is InChI=1S/C23H27FN4/c24-22-10-9-21(19-7-3-4-8-20(19)22)23-25-15-17(26-23)16-27-11-13-28(14-12-27)18-5-1-2-6-18/h3-4,7-10,15,18H,1-2,5-6,11-14,16H2,(H,25,26). The van der Waals surface area contributed by atoms with Crippen LogP contribution in [-0.4, -0.2) is 52.0 Å². The number of aromatic nitrogens is 2. The fourth-order valence-corrected chi connectivity index (χ4v) is 4.84. The van der Waals surface area contributed by atoms with E-state index in [1.165, 1.54) is 44.8 Å². The topological polar surface area (TPSA) is 35.2 Å². The molecule has 28 heavy (non-hydrogen) atoms. The van der Waals surface area contributed by atoms with E-state index in [0.29, 0.717) is 5.39 Å². The molecule has 5 rings (SSSR count). The van der Waals surface area contributed by atoms with Crippen molar-refractivity contribution < 1.29 is 4.39 Å². The number of nitrogens with one attached hydrogen (secondary N) is 1. The van der Waals surface area contributed by atoms with Crippen molar-refractivity contribution in [1.29, 1.82) is 0 Å². The van der Waals surface area contributed by atoms with Crippen LogP contribution < -0.4 is 0 Å². The van der Waals surface area contributed by atoms with Gasteiger partial charge in [-0.2, -0.15) is 0 Å². The Morgan fingerprint density at radius 2 is 1.71 bits per heavy atom. The molecule has 0 bridgehead atoms. The SMILES string of the molecule is Fc1ccc(-c2ncc(CN3CCN(C4CCCC4)CC3)[nH]2)c2ccccc12. The zero-order valence-electron chi connectivity index (χ0n) is 16.2. The number of aromatic amines is 1. The van der Waals surface area contributed by atoms with Crippen LogP contribution in [0.25, 0.3) is 22.2 Å². The van der Waals surface area contributed by atoms with Crippen molar-refractivity contribution in [3.8, 4) is 11.4 Å². The third kappa shape index (κ3) is 3.45. The molecule has 3 aromatic rings. The average Bonchev–Trinajstić information content (AvgIpc) is 3.42. The van der Waals surface area contributed by atoms with E-state index in [9.17, 15) is 4.39 Å². The Morgan fingerprint density at radius 1 is 0.964 bits per heavy atom. The molecule has 146 valence electrons. The number of H-pyrrole nitrogens is 1. The Bertz CT molecular complexity index is 952. The molecule has 1 saturated heterocycles. The summed E-state index contributed by atoms with van der Waals surface area (Å²) in [5.74, 6) is 0.627. The first-order valence-corrected chi connectivity index (χ1v) is 10.5. The van der Waals surface area contributed by atoms with Crippen LogP contribution in [0.5, 0.6) is 0 Å². The van der Waals surface area contributed by atoms with Gasteiger partial charge in [0, 0.05) is 61.6 Å². The summed E-state index contributed by atoms with van der Waals surface area (Å²) in [6.07, 6.45) is 7.50. The number of piperazine rings is 1. The molecule has 0 unspecified atom stereocenters. The van der Waals surface area contributed by atoms with Crippen LogP contribution in [-0.2, 0) is 6.54 Å². The largest absolute Gasteiger partial charge is 0.341 e. The highest BCUT2D eigenvalue weighted by atomic mass is 19.1. The van der Waals surface area contributed by atoms with Crippen LogP contribution in [0.4, 0.5) is 4.39 Å². The van der Waals surface area contributed by atoms with Crippen molar-refractivity contribution in [2.24, 2.45) is 0 Å². The summed E-state index contributed by atoms with van der Waals surface area (Å²) in [6, 6.07) is 11.8. The van der Waals surface area contributed by atoms with Crippen molar-refractivity contribution in [3.63, 3.8) is 0 Å². The molecule has 0 atom stereocenters. The van der Waals surface area contributed by atoms with Gasteiger partial charge in [-0.25, -0.2) is 9.37 Å². The summed E-state index contributed by atoms with van der Waals surface area (Å²) in [7, 11) is 0. The van der Waals surface area contributed by atoms with Gasteiger partial charge in [0.05, 0.1) is 0 Å². The highest BCUT2D eigenvalue weighted by molar-refractivity contribution is 5.95. The Labute approximate surface area is 165 Å². The van der Waals surface area contributed by atoms with Crippen LogP contribution in [0.1, 0.15) is 31.4 Å². The van der Waals surface area contributed by atoms with Crippen LogP contribution >= 0.6 is 0 Å². The van der Waals surface area contributed by atoms with Gasteiger partial charge in [0.1, 0.15) is 11.6 Å². The van der Waals surface area contributed by atoms with Gasteiger partial charge in [0.15, 0.2) is 0 Å². The number of rotatable bonds is 4. The fourth-order valence-electron chi connectivity index (χ4n) is 4.84. The monoisotopic (exact) mass is 378 g/mol. The normalized spacial score (nSPS) is 19.6. The summed E-state index contributed by atoms with van der Waals surface area (Å²) in [5, 5.41) is 1.54. The van der Waals surface area contributed by atoms with Gasteiger partial charge in [-0.15, -0.1) is 0 Å². The Kier molecular flexibility index (Phi) is 4.87. The van der Waals surface area contributed by atoms with Crippen molar-refractivity contribution >= 4 is 10.8 Å². The molecule has 1 N–H and O–H groups in total. The number of hydrogen-bond acceptors (Lipinski definition) is 3. The third-order valence-corrected chi connectivity index (χ3v) is 6.40. The minimum absolute atomic E-state index is 0.189. The minimum Gasteiger partial charge on any atom is -0.341 e. The summed E-state index contributed by atoms with van der Waals surface area (Å²) in [4.78, 5) is 13.3. The second-order valence-corrected chi connectivity index (χ2v) is 8.15. The molecule has 0 radical (unpaired) electrons. The molecule has 2 aliphatic rings. The molecule has 1 aliphatic carbocycles. The van der Waals surface area contributed by atoms with E-state index in [1.807, 2.05) is 36.5 Å². The van der Waals surface area contributed by atoms with Gasteiger partial charge in [-0.05, 0) is 30.4 Å². The highest BCUT2D eigenvalue weighted by Gasteiger charge is 2.26. The maximum absolute atomic E-state index is 14.1. The zero-order valence-corrected chi connectivity index (χ0v) is 16.2.